The number of anilines is 1. The molecule has 1 aromatic rings. The van der Waals surface area contributed by atoms with Gasteiger partial charge in [-0.15, -0.1) is 0 Å². The Morgan fingerprint density at radius 3 is 2.40 bits per heavy atom. The van der Waals surface area contributed by atoms with E-state index in [2.05, 4.69) is 31.3 Å². The molecule has 1 heterocycles. The molecule has 0 unspecified atom stereocenters. The van der Waals surface area contributed by atoms with Gasteiger partial charge in [0.15, 0.2) is 11.5 Å². The quantitative estimate of drug-likeness (QED) is 0.901. The Hall–Kier alpha value is -1.38. The van der Waals surface area contributed by atoms with Crippen molar-refractivity contribution in [2.24, 2.45) is 11.8 Å². The number of rotatable bonds is 3. The van der Waals surface area contributed by atoms with Crippen LogP contribution in [0.2, 0.25) is 0 Å². The summed E-state index contributed by atoms with van der Waals surface area (Å²) in [4.78, 5) is 0. The first-order chi connectivity index (χ1) is 9.72. The number of hydrogen-bond donors (Lipinski definition) is 1. The highest BCUT2D eigenvalue weighted by atomic mass is 16.6. The van der Waals surface area contributed by atoms with Crippen LogP contribution < -0.4 is 14.8 Å². The van der Waals surface area contributed by atoms with Gasteiger partial charge in [-0.1, -0.05) is 13.8 Å². The summed E-state index contributed by atoms with van der Waals surface area (Å²) in [5.41, 5.74) is 1.15. The second kappa shape index (κ2) is 5.94. The van der Waals surface area contributed by atoms with Crippen molar-refractivity contribution in [2.45, 2.75) is 45.6 Å². The smallest absolute Gasteiger partial charge is 0.163 e. The maximum Gasteiger partial charge on any atom is 0.163 e. The van der Waals surface area contributed by atoms with Crippen molar-refractivity contribution in [2.75, 3.05) is 18.5 Å². The first-order valence-corrected chi connectivity index (χ1v) is 7.88. The van der Waals surface area contributed by atoms with Crippen LogP contribution in [-0.2, 0) is 0 Å². The van der Waals surface area contributed by atoms with E-state index in [4.69, 9.17) is 9.47 Å². The van der Waals surface area contributed by atoms with E-state index in [1.54, 1.807) is 0 Å². The van der Waals surface area contributed by atoms with Crippen molar-refractivity contribution in [3.8, 4) is 11.5 Å². The molecular formula is C17H25NO2. The topological polar surface area (TPSA) is 30.5 Å². The van der Waals surface area contributed by atoms with Crippen LogP contribution in [0.15, 0.2) is 18.2 Å². The molecule has 0 amide bonds. The minimum atomic E-state index is 0.604. The highest BCUT2D eigenvalue weighted by Crippen LogP contribution is 2.35. The van der Waals surface area contributed by atoms with Crippen molar-refractivity contribution in [3.05, 3.63) is 18.2 Å². The maximum absolute atomic E-state index is 5.64. The fourth-order valence-electron chi connectivity index (χ4n) is 3.30. The van der Waals surface area contributed by atoms with Gasteiger partial charge in [-0.05, 0) is 49.7 Å². The summed E-state index contributed by atoms with van der Waals surface area (Å²) >= 11 is 0. The first kappa shape index (κ1) is 13.6. The summed E-state index contributed by atoms with van der Waals surface area (Å²) in [6, 6.07) is 6.79. The molecule has 3 rings (SSSR count). The summed E-state index contributed by atoms with van der Waals surface area (Å²) in [7, 11) is 0. The molecule has 0 aromatic heterocycles. The molecule has 1 fully saturated rings. The summed E-state index contributed by atoms with van der Waals surface area (Å²) in [5.74, 6) is 3.47. The lowest BCUT2D eigenvalue weighted by Crippen LogP contribution is -2.28. The molecule has 3 heteroatoms. The minimum Gasteiger partial charge on any atom is -0.486 e. The van der Waals surface area contributed by atoms with Crippen molar-refractivity contribution < 1.29 is 9.47 Å². The van der Waals surface area contributed by atoms with Crippen LogP contribution in [0.5, 0.6) is 11.5 Å². The van der Waals surface area contributed by atoms with Crippen LogP contribution in [-0.4, -0.2) is 19.3 Å². The van der Waals surface area contributed by atoms with Crippen LogP contribution >= 0.6 is 0 Å². The Labute approximate surface area is 121 Å². The second-order valence-electron chi connectivity index (χ2n) is 6.36. The molecule has 1 aromatic carbocycles. The predicted molar refractivity (Wildman–Crippen MR) is 81.6 cm³/mol. The molecular weight excluding hydrogens is 250 g/mol. The fraction of sp³-hybridized carbons (Fsp3) is 0.647. The monoisotopic (exact) mass is 275 g/mol. The van der Waals surface area contributed by atoms with Crippen LogP contribution in [0.1, 0.15) is 39.5 Å². The van der Waals surface area contributed by atoms with Gasteiger partial charge in [-0.3, -0.25) is 0 Å². The van der Waals surface area contributed by atoms with E-state index in [1.807, 2.05) is 6.07 Å². The molecule has 3 nitrogen and oxygen atoms in total. The molecule has 20 heavy (non-hydrogen) atoms. The molecule has 1 saturated carbocycles. The highest BCUT2D eigenvalue weighted by molar-refractivity contribution is 5.55. The van der Waals surface area contributed by atoms with Crippen molar-refractivity contribution in [3.63, 3.8) is 0 Å². The Bertz CT molecular complexity index is 450. The SMILES string of the molecule is CC(C)C1CCC(Nc2ccc3c(c2)OCCO3)CC1. The molecule has 0 bridgehead atoms. The maximum atomic E-state index is 5.64. The van der Waals surface area contributed by atoms with E-state index in [-0.39, 0.29) is 0 Å². The van der Waals surface area contributed by atoms with Gasteiger partial charge in [0.2, 0.25) is 0 Å². The van der Waals surface area contributed by atoms with Gasteiger partial charge in [-0.2, -0.15) is 0 Å². The molecule has 110 valence electrons. The summed E-state index contributed by atoms with van der Waals surface area (Å²) in [6.07, 6.45) is 5.24. The molecule has 0 saturated heterocycles. The number of fused-ring (bicyclic) bond motifs is 1. The third-order valence-electron chi connectivity index (χ3n) is 4.63. The van der Waals surface area contributed by atoms with Gasteiger partial charge < -0.3 is 14.8 Å². The Kier molecular flexibility index (Phi) is 4.04. The van der Waals surface area contributed by atoms with Gasteiger partial charge in [0.05, 0.1) is 0 Å². The van der Waals surface area contributed by atoms with Crippen LogP contribution in [0, 0.1) is 11.8 Å². The van der Waals surface area contributed by atoms with Gasteiger partial charge in [-0.25, -0.2) is 0 Å². The zero-order valence-electron chi connectivity index (χ0n) is 12.5. The lowest BCUT2D eigenvalue weighted by Gasteiger charge is -2.32. The zero-order chi connectivity index (χ0) is 13.9. The van der Waals surface area contributed by atoms with Crippen LogP contribution in [0.4, 0.5) is 5.69 Å². The lowest BCUT2D eigenvalue weighted by atomic mass is 9.79. The Morgan fingerprint density at radius 1 is 1.00 bits per heavy atom. The third-order valence-corrected chi connectivity index (χ3v) is 4.63. The van der Waals surface area contributed by atoms with Gasteiger partial charge in [0.1, 0.15) is 13.2 Å². The lowest BCUT2D eigenvalue weighted by molar-refractivity contribution is 0.171. The minimum absolute atomic E-state index is 0.604. The Morgan fingerprint density at radius 2 is 1.70 bits per heavy atom. The van der Waals surface area contributed by atoms with E-state index >= 15 is 0 Å². The summed E-state index contributed by atoms with van der Waals surface area (Å²) in [6.45, 7) is 5.99. The largest absolute Gasteiger partial charge is 0.486 e. The predicted octanol–water partition coefficient (Wildman–Crippen LogP) is 4.08. The number of hydrogen-bond acceptors (Lipinski definition) is 3. The normalized spacial score (nSPS) is 25.6. The number of ether oxygens (including phenoxy) is 2. The molecule has 1 N–H and O–H groups in total. The number of nitrogens with one attached hydrogen (secondary N) is 1. The van der Waals surface area contributed by atoms with Gasteiger partial charge in [0, 0.05) is 17.8 Å². The molecule has 2 aliphatic rings. The standard InChI is InChI=1S/C17H25NO2/c1-12(2)13-3-5-14(6-4-13)18-15-7-8-16-17(11-15)20-10-9-19-16/h7-8,11-14,18H,3-6,9-10H2,1-2H3. The van der Waals surface area contributed by atoms with Crippen molar-refractivity contribution in [1.29, 1.82) is 0 Å². The average Bonchev–Trinajstić information content (AvgIpc) is 2.48. The van der Waals surface area contributed by atoms with Crippen LogP contribution in [0.25, 0.3) is 0 Å². The van der Waals surface area contributed by atoms with E-state index < -0.39 is 0 Å². The summed E-state index contributed by atoms with van der Waals surface area (Å²) in [5, 5.41) is 3.65. The molecule has 0 atom stereocenters. The highest BCUT2D eigenvalue weighted by Gasteiger charge is 2.23. The second-order valence-corrected chi connectivity index (χ2v) is 6.36. The molecule has 0 spiro atoms. The third kappa shape index (κ3) is 3.02. The van der Waals surface area contributed by atoms with Gasteiger partial charge in [0.25, 0.3) is 0 Å². The van der Waals surface area contributed by atoms with E-state index in [1.165, 1.54) is 25.7 Å². The van der Waals surface area contributed by atoms with Crippen LogP contribution in [0.3, 0.4) is 0 Å². The molecule has 1 aliphatic carbocycles. The zero-order valence-corrected chi connectivity index (χ0v) is 12.5. The van der Waals surface area contributed by atoms with Crippen molar-refractivity contribution >= 4 is 5.69 Å². The Balaban J connectivity index is 1.59. The number of benzene rings is 1. The molecule has 0 radical (unpaired) electrons. The average molecular weight is 275 g/mol. The van der Waals surface area contributed by atoms with E-state index in [9.17, 15) is 0 Å². The van der Waals surface area contributed by atoms with E-state index in [0.29, 0.717) is 19.3 Å². The van der Waals surface area contributed by atoms with E-state index in [0.717, 1.165) is 29.0 Å². The van der Waals surface area contributed by atoms with Gasteiger partial charge >= 0.3 is 0 Å². The van der Waals surface area contributed by atoms with Crippen molar-refractivity contribution in [1.82, 2.24) is 0 Å². The first-order valence-electron chi connectivity index (χ1n) is 7.88. The summed E-state index contributed by atoms with van der Waals surface area (Å²) < 4.78 is 11.2. The molecule has 1 aliphatic heterocycles. The fourth-order valence-corrected chi connectivity index (χ4v) is 3.30.